The average molecular weight is 238 g/mol. The molecule has 17 heavy (non-hydrogen) atoms. The van der Waals surface area contributed by atoms with E-state index in [0.29, 0.717) is 11.5 Å². The summed E-state index contributed by atoms with van der Waals surface area (Å²) >= 11 is 0. The van der Waals surface area contributed by atoms with Crippen LogP contribution in [-0.4, -0.2) is 30.6 Å². The number of hydrogen-bond donors (Lipinski definition) is 1. The van der Waals surface area contributed by atoms with Crippen LogP contribution in [0.2, 0.25) is 0 Å². The van der Waals surface area contributed by atoms with Crippen molar-refractivity contribution in [2.45, 2.75) is 58.9 Å². The normalized spacial score (nSPS) is 36.4. The Labute approximate surface area is 107 Å². The molecule has 1 atom stereocenters. The molecule has 0 amide bonds. The Hall–Kier alpha value is -0.0800. The quantitative estimate of drug-likeness (QED) is 0.801. The monoisotopic (exact) mass is 238 g/mol. The lowest BCUT2D eigenvalue weighted by atomic mass is 9.70. The molecule has 2 rings (SSSR count). The maximum Gasteiger partial charge on any atom is 0.0180 e. The number of nitrogens with zero attached hydrogens (tertiary/aromatic N) is 1. The van der Waals surface area contributed by atoms with Crippen molar-refractivity contribution in [1.29, 1.82) is 0 Å². The second-order valence-corrected chi connectivity index (χ2v) is 7.39. The molecule has 1 unspecified atom stereocenters. The standard InChI is InChI=1S/C15H30N2/c1-15(2,3)13-6-4-12(5-7-13)10-17-9-8-14(16)11-17/h12-14H,4-11,16H2,1-3H3. The molecule has 0 aromatic heterocycles. The third-order valence-electron chi connectivity index (χ3n) is 4.90. The van der Waals surface area contributed by atoms with Crippen molar-refractivity contribution in [3.8, 4) is 0 Å². The van der Waals surface area contributed by atoms with Gasteiger partial charge in [-0.05, 0) is 55.9 Å². The molecule has 2 aliphatic rings. The van der Waals surface area contributed by atoms with Gasteiger partial charge in [0.1, 0.15) is 0 Å². The van der Waals surface area contributed by atoms with Crippen molar-refractivity contribution >= 4 is 0 Å². The van der Waals surface area contributed by atoms with Crippen LogP contribution in [0.4, 0.5) is 0 Å². The molecular formula is C15H30N2. The number of rotatable bonds is 2. The van der Waals surface area contributed by atoms with Crippen LogP contribution in [0.3, 0.4) is 0 Å². The zero-order valence-corrected chi connectivity index (χ0v) is 11.9. The first kappa shape index (κ1) is 13.4. The number of nitrogens with two attached hydrogens (primary N) is 1. The predicted octanol–water partition coefficient (Wildman–Crippen LogP) is 2.87. The summed E-state index contributed by atoms with van der Waals surface area (Å²) in [7, 11) is 0. The second kappa shape index (κ2) is 5.27. The lowest BCUT2D eigenvalue weighted by Crippen LogP contribution is -2.34. The minimum absolute atomic E-state index is 0.445. The van der Waals surface area contributed by atoms with Gasteiger partial charge >= 0.3 is 0 Å². The first-order chi connectivity index (χ1) is 7.95. The van der Waals surface area contributed by atoms with E-state index in [2.05, 4.69) is 25.7 Å². The highest BCUT2D eigenvalue weighted by molar-refractivity contribution is 4.84. The Balaban J connectivity index is 1.72. The predicted molar refractivity (Wildman–Crippen MR) is 73.9 cm³/mol. The van der Waals surface area contributed by atoms with Crippen LogP contribution in [0, 0.1) is 17.3 Å². The molecule has 1 saturated carbocycles. The molecule has 2 N–H and O–H groups in total. The second-order valence-electron chi connectivity index (χ2n) is 7.39. The molecule has 1 aliphatic heterocycles. The summed E-state index contributed by atoms with van der Waals surface area (Å²) in [5.41, 5.74) is 6.48. The van der Waals surface area contributed by atoms with E-state index in [4.69, 9.17) is 5.73 Å². The highest BCUT2D eigenvalue weighted by Gasteiger charge is 2.31. The van der Waals surface area contributed by atoms with Crippen molar-refractivity contribution in [3.63, 3.8) is 0 Å². The van der Waals surface area contributed by atoms with Crippen molar-refractivity contribution in [1.82, 2.24) is 4.90 Å². The molecule has 2 heteroatoms. The summed E-state index contributed by atoms with van der Waals surface area (Å²) in [6, 6.07) is 0.445. The fourth-order valence-electron chi connectivity index (χ4n) is 3.60. The van der Waals surface area contributed by atoms with Crippen molar-refractivity contribution in [2.24, 2.45) is 23.0 Å². The van der Waals surface area contributed by atoms with E-state index in [1.807, 2.05) is 0 Å². The molecule has 0 radical (unpaired) electrons. The van der Waals surface area contributed by atoms with Crippen LogP contribution in [0.5, 0.6) is 0 Å². The van der Waals surface area contributed by atoms with Gasteiger partial charge in [0.2, 0.25) is 0 Å². The van der Waals surface area contributed by atoms with E-state index in [0.717, 1.165) is 18.4 Å². The molecular weight excluding hydrogens is 208 g/mol. The van der Waals surface area contributed by atoms with Crippen LogP contribution in [0.25, 0.3) is 0 Å². The Bertz CT molecular complexity index is 236. The van der Waals surface area contributed by atoms with Gasteiger partial charge in [-0.15, -0.1) is 0 Å². The minimum Gasteiger partial charge on any atom is -0.326 e. The van der Waals surface area contributed by atoms with Gasteiger partial charge in [0.05, 0.1) is 0 Å². The van der Waals surface area contributed by atoms with Crippen molar-refractivity contribution < 1.29 is 0 Å². The van der Waals surface area contributed by atoms with Gasteiger partial charge in [-0.3, -0.25) is 0 Å². The topological polar surface area (TPSA) is 29.3 Å². The molecule has 0 aromatic rings. The molecule has 1 aliphatic carbocycles. The molecule has 2 fully saturated rings. The molecule has 2 nitrogen and oxygen atoms in total. The summed E-state index contributed by atoms with van der Waals surface area (Å²) in [5, 5.41) is 0. The average Bonchev–Trinajstić information content (AvgIpc) is 2.63. The Kier molecular flexibility index (Phi) is 4.14. The van der Waals surface area contributed by atoms with Gasteiger partial charge in [0.25, 0.3) is 0 Å². The summed E-state index contributed by atoms with van der Waals surface area (Å²) in [5.74, 6) is 1.89. The third kappa shape index (κ3) is 3.69. The van der Waals surface area contributed by atoms with E-state index in [9.17, 15) is 0 Å². The highest BCUT2D eigenvalue weighted by atomic mass is 15.2. The largest absolute Gasteiger partial charge is 0.326 e. The van der Waals surface area contributed by atoms with Crippen LogP contribution in [0.1, 0.15) is 52.9 Å². The smallest absolute Gasteiger partial charge is 0.0180 e. The van der Waals surface area contributed by atoms with Crippen LogP contribution < -0.4 is 5.73 Å². The SMILES string of the molecule is CC(C)(C)C1CCC(CN2CCC(N)C2)CC1. The number of hydrogen-bond acceptors (Lipinski definition) is 2. The van der Waals surface area contributed by atoms with E-state index in [1.165, 1.54) is 45.2 Å². The fraction of sp³-hybridized carbons (Fsp3) is 1.00. The van der Waals surface area contributed by atoms with Gasteiger partial charge in [0.15, 0.2) is 0 Å². The Morgan fingerprint density at radius 1 is 1.06 bits per heavy atom. The van der Waals surface area contributed by atoms with Gasteiger partial charge in [0, 0.05) is 19.1 Å². The molecule has 0 spiro atoms. The zero-order chi connectivity index (χ0) is 12.5. The molecule has 1 saturated heterocycles. The molecule has 0 aromatic carbocycles. The summed E-state index contributed by atoms with van der Waals surface area (Å²) in [4.78, 5) is 2.59. The van der Waals surface area contributed by atoms with Gasteiger partial charge in [-0.1, -0.05) is 20.8 Å². The van der Waals surface area contributed by atoms with Crippen LogP contribution in [0.15, 0.2) is 0 Å². The fourth-order valence-corrected chi connectivity index (χ4v) is 3.60. The maximum absolute atomic E-state index is 5.97. The van der Waals surface area contributed by atoms with Crippen LogP contribution in [-0.2, 0) is 0 Å². The van der Waals surface area contributed by atoms with E-state index < -0.39 is 0 Å². The number of likely N-dealkylation sites (tertiary alicyclic amines) is 1. The summed E-state index contributed by atoms with van der Waals surface area (Å²) < 4.78 is 0. The van der Waals surface area contributed by atoms with E-state index in [1.54, 1.807) is 0 Å². The van der Waals surface area contributed by atoms with Gasteiger partial charge in [-0.2, -0.15) is 0 Å². The minimum atomic E-state index is 0.445. The van der Waals surface area contributed by atoms with Crippen LogP contribution >= 0.6 is 0 Å². The van der Waals surface area contributed by atoms with Crippen molar-refractivity contribution in [3.05, 3.63) is 0 Å². The lowest BCUT2D eigenvalue weighted by molar-refractivity contribution is 0.131. The maximum atomic E-state index is 5.97. The molecule has 1 heterocycles. The van der Waals surface area contributed by atoms with Gasteiger partial charge in [-0.25, -0.2) is 0 Å². The lowest BCUT2D eigenvalue weighted by Gasteiger charge is -2.38. The highest BCUT2D eigenvalue weighted by Crippen LogP contribution is 2.40. The van der Waals surface area contributed by atoms with Crippen molar-refractivity contribution in [2.75, 3.05) is 19.6 Å². The van der Waals surface area contributed by atoms with Gasteiger partial charge < -0.3 is 10.6 Å². The Morgan fingerprint density at radius 2 is 1.71 bits per heavy atom. The third-order valence-corrected chi connectivity index (χ3v) is 4.90. The first-order valence-corrected chi connectivity index (χ1v) is 7.43. The first-order valence-electron chi connectivity index (χ1n) is 7.43. The summed E-state index contributed by atoms with van der Waals surface area (Å²) in [6.45, 7) is 10.9. The molecule has 0 bridgehead atoms. The molecule has 100 valence electrons. The van der Waals surface area contributed by atoms with E-state index >= 15 is 0 Å². The summed E-state index contributed by atoms with van der Waals surface area (Å²) in [6.07, 6.45) is 6.96. The zero-order valence-electron chi connectivity index (χ0n) is 11.9. The Morgan fingerprint density at radius 3 is 2.18 bits per heavy atom. The van der Waals surface area contributed by atoms with E-state index in [-0.39, 0.29) is 0 Å².